The van der Waals surface area contributed by atoms with Crippen LogP contribution in [0.3, 0.4) is 0 Å². The fourth-order valence-corrected chi connectivity index (χ4v) is 4.06. The van der Waals surface area contributed by atoms with Crippen molar-refractivity contribution in [2.45, 2.75) is 45.3 Å². The lowest BCUT2D eigenvalue weighted by atomic mass is 9.84. The summed E-state index contributed by atoms with van der Waals surface area (Å²) in [6.45, 7) is 5.47. The van der Waals surface area contributed by atoms with Gasteiger partial charge in [0.15, 0.2) is 0 Å². The molecule has 152 valence electrons. The number of rotatable bonds is 5. The largest absolute Gasteiger partial charge is 0.481 e. The summed E-state index contributed by atoms with van der Waals surface area (Å²) in [4.78, 5) is 37.9. The second-order valence-corrected chi connectivity index (χ2v) is 7.90. The Morgan fingerprint density at radius 1 is 1.07 bits per heavy atom. The van der Waals surface area contributed by atoms with Crippen molar-refractivity contribution >= 4 is 17.8 Å². The van der Waals surface area contributed by atoms with E-state index in [2.05, 4.69) is 5.32 Å². The highest BCUT2D eigenvalue weighted by Gasteiger charge is 2.40. The summed E-state index contributed by atoms with van der Waals surface area (Å²) < 4.78 is 5.69. The third-order valence-electron chi connectivity index (χ3n) is 5.56. The molecule has 1 aromatic carbocycles. The second-order valence-electron chi connectivity index (χ2n) is 7.90. The molecule has 0 radical (unpaired) electrons. The van der Waals surface area contributed by atoms with Gasteiger partial charge < -0.3 is 20.1 Å². The monoisotopic (exact) mass is 388 g/mol. The van der Waals surface area contributed by atoms with Gasteiger partial charge >= 0.3 is 5.97 Å². The third kappa shape index (κ3) is 4.52. The molecule has 0 aliphatic carbocycles. The van der Waals surface area contributed by atoms with E-state index in [9.17, 15) is 19.5 Å². The lowest BCUT2D eigenvalue weighted by Crippen LogP contribution is -2.43. The molecule has 7 nitrogen and oxygen atoms in total. The van der Waals surface area contributed by atoms with Crippen LogP contribution in [0.2, 0.25) is 0 Å². The Morgan fingerprint density at radius 3 is 2.25 bits per heavy atom. The molecule has 0 aromatic heterocycles. The number of carboxylic acid groups (broad SMARTS) is 1. The van der Waals surface area contributed by atoms with Crippen LogP contribution in [0, 0.1) is 11.8 Å². The Morgan fingerprint density at radius 2 is 1.68 bits per heavy atom. The Kier molecular flexibility index (Phi) is 6.34. The number of carbonyl (C=O) groups is 3. The van der Waals surface area contributed by atoms with E-state index in [1.807, 2.05) is 13.8 Å². The molecule has 1 aromatic rings. The fraction of sp³-hybridized carbons (Fsp3) is 0.571. The van der Waals surface area contributed by atoms with Gasteiger partial charge in [-0.2, -0.15) is 0 Å². The van der Waals surface area contributed by atoms with Gasteiger partial charge in [-0.15, -0.1) is 0 Å². The lowest BCUT2D eigenvalue weighted by molar-refractivity contribution is -0.145. The van der Waals surface area contributed by atoms with Gasteiger partial charge in [-0.25, -0.2) is 0 Å². The highest BCUT2D eigenvalue weighted by molar-refractivity contribution is 5.97. The molecule has 0 bridgehead atoms. The van der Waals surface area contributed by atoms with Gasteiger partial charge in [0.05, 0.1) is 12.0 Å². The van der Waals surface area contributed by atoms with Gasteiger partial charge in [0.25, 0.3) is 11.8 Å². The average molecular weight is 388 g/mol. The molecule has 2 atom stereocenters. The molecule has 2 aliphatic rings. The number of hydrogen-bond donors (Lipinski definition) is 2. The molecule has 1 unspecified atom stereocenters. The van der Waals surface area contributed by atoms with Crippen molar-refractivity contribution in [3.05, 3.63) is 35.4 Å². The molecular formula is C21H28N2O5. The first-order valence-electron chi connectivity index (χ1n) is 9.91. The van der Waals surface area contributed by atoms with E-state index in [-0.39, 0.29) is 29.9 Å². The zero-order valence-electron chi connectivity index (χ0n) is 16.4. The summed E-state index contributed by atoms with van der Waals surface area (Å²) in [6, 6.07) is 6.76. The number of carboxylic acids is 1. The molecule has 2 amide bonds. The Bertz CT molecular complexity index is 723. The summed E-state index contributed by atoms with van der Waals surface area (Å²) in [5, 5.41) is 12.2. The number of likely N-dealkylation sites (tertiary alicyclic amines) is 1. The number of nitrogens with one attached hydrogen (secondary N) is 1. The quantitative estimate of drug-likeness (QED) is 0.806. The van der Waals surface area contributed by atoms with Crippen molar-refractivity contribution in [1.82, 2.24) is 10.2 Å². The van der Waals surface area contributed by atoms with E-state index in [0.717, 1.165) is 12.8 Å². The standard InChI is InChI=1S/C21H28N2O5/c1-13(2)22-19(24)15-3-5-16(6-4-15)20(25)23-10-7-14(8-11-23)18-17(21(26)27)9-12-28-18/h3-6,13-14,17-18H,7-12H2,1-2H3,(H,22,24)(H,26,27)/t17?,18-/m0/s1. The highest BCUT2D eigenvalue weighted by Crippen LogP contribution is 2.33. The maximum absolute atomic E-state index is 12.8. The second kappa shape index (κ2) is 8.73. The van der Waals surface area contributed by atoms with Crippen LogP contribution in [0.25, 0.3) is 0 Å². The number of aliphatic carboxylic acids is 1. The van der Waals surface area contributed by atoms with Crippen LogP contribution in [-0.4, -0.2) is 59.6 Å². The maximum Gasteiger partial charge on any atom is 0.309 e. The third-order valence-corrected chi connectivity index (χ3v) is 5.56. The normalized spacial score (nSPS) is 23.0. The van der Waals surface area contributed by atoms with Gasteiger partial charge in [0.2, 0.25) is 0 Å². The van der Waals surface area contributed by atoms with E-state index in [0.29, 0.717) is 37.2 Å². The lowest BCUT2D eigenvalue weighted by Gasteiger charge is -2.35. The summed E-state index contributed by atoms with van der Waals surface area (Å²) in [6.07, 6.45) is 1.81. The van der Waals surface area contributed by atoms with Gasteiger partial charge in [-0.3, -0.25) is 14.4 Å². The van der Waals surface area contributed by atoms with Gasteiger partial charge in [0, 0.05) is 36.9 Å². The van der Waals surface area contributed by atoms with E-state index in [1.165, 1.54) is 0 Å². The van der Waals surface area contributed by atoms with Crippen LogP contribution >= 0.6 is 0 Å². The average Bonchev–Trinajstić information content (AvgIpc) is 3.17. The topological polar surface area (TPSA) is 95.9 Å². The van der Waals surface area contributed by atoms with Crippen LogP contribution in [0.5, 0.6) is 0 Å². The zero-order valence-corrected chi connectivity index (χ0v) is 16.4. The van der Waals surface area contributed by atoms with Crippen molar-refractivity contribution in [3.8, 4) is 0 Å². The molecule has 0 spiro atoms. The maximum atomic E-state index is 12.8. The first kappa shape index (κ1) is 20.3. The van der Waals surface area contributed by atoms with Crippen molar-refractivity contribution in [1.29, 1.82) is 0 Å². The number of ether oxygens (including phenoxy) is 1. The molecule has 2 heterocycles. The molecule has 7 heteroatoms. The van der Waals surface area contributed by atoms with Gasteiger partial charge in [-0.05, 0) is 63.3 Å². The number of benzene rings is 1. The van der Waals surface area contributed by atoms with Crippen LogP contribution < -0.4 is 5.32 Å². The number of piperidine rings is 1. The van der Waals surface area contributed by atoms with Crippen LogP contribution in [0.4, 0.5) is 0 Å². The van der Waals surface area contributed by atoms with E-state index in [1.54, 1.807) is 29.2 Å². The summed E-state index contributed by atoms with van der Waals surface area (Å²) in [7, 11) is 0. The molecule has 2 aliphatic heterocycles. The molecule has 0 saturated carbocycles. The summed E-state index contributed by atoms with van der Waals surface area (Å²) >= 11 is 0. The summed E-state index contributed by atoms with van der Waals surface area (Å²) in [5.74, 6) is -1.26. The van der Waals surface area contributed by atoms with Crippen molar-refractivity contribution < 1.29 is 24.2 Å². The minimum Gasteiger partial charge on any atom is -0.481 e. The molecular weight excluding hydrogens is 360 g/mol. The first-order valence-corrected chi connectivity index (χ1v) is 9.91. The van der Waals surface area contributed by atoms with Crippen LogP contribution in [-0.2, 0) is 9.53 Å². The number of amides is 2. The molecule has 3 rings (SSSR count). The zero-order chi connectivity index (χ0) is 20.3. The fourth-order valence-electron chi connectivity index (χ4n) is 4.06. The minimum atomic E-state index is -0.789. The predicted octanol–water partition coefficient (Wildman–Crippen LogP) is 2.17. The molecule has 2 N–H and O–H groups in total. The number of nitrogens with zero attached hydrogens (tertiary/aromatic N) is 1. The first-order chi connectivity index (χ1) is 13.4. The Balaban J connectivity index is 1.56. The number of carbonyl (C=O) groups excluding carboxylic acids is 2. The van der Waals surface area contributed by atoms with E-state index >= 15 is 0 Å². The number of hydrogen-bond acceptors (Lipinski definition) is 4. The Labute approximate surface area is 165 Å². The Hall–Kier alpha value is -2.41. The van der Waals surface area contributed by atoms with Crippen molar-refractivity contribution in [2.24, 2.45) is 11.8 Å². The summed E-state index contributed by atoms with van der Waals surface area (Å²) in [5.41, 5.74) is 1.09. The van der Waals surface area contributed by atoms with E-state index in [4.69, 9.17) is 4.74 Å². The van der Waals surface area contributed by atoms with Crippen molar-refractivity contribution in [2.75, 3.05) is 19.7 Å². The molecule has 2 saturated heterocycles. The van der Waals surface area contributed by atoms with Crippen LogP contribution in [0.1, 0.15) is 53.8 Å². The smallest absolute Gasteiger partial charge is 0.309 e. The van der Waals surface area contributed by atoms with Crippen molar-refractivity contribution in [3.63, 3.8) is 0 Å². The minimum absolute atomic E-state index is 0.0553. The van der Waals surface area contributed by atoms with Gasteiger partial charge in [0.1, 0.15) is 0 Å². The predicted molar refractivity (Wildman–Crippen MR) is 103 cm³/mol. The highest BCUT2D eigenvalue weighted by atomic mass is 16.5. The SMILES string of the molecule is CC(C)NC(=O)c1ccc(C(=O)N2CCC([C@@H]3OCCC3C(=O)O)CC2)cc1. The van der Waals surface area contributed by atoms with Gasteiger partial charge in [-0.1, -0.05) is 0 Å². The van der Waals surface area contributed by atoms with Crippen LogP contribution in [0.15, 0.2) is 24.3 Å². The van der Waals surface area contributed by atoms with E-state index < -0.39 is 11.9 Å². The molecule has 28 heavy (non-hydrogen) atoms. The molecule has 2 fully saturated rings.